The number of H-pyrrole nitrogens is 1. The summed E-state index contributed by atoms with van der Waals surface area (Å²) in [4.78, 5) is 15.1. The molecule has 30 heavy (non-hydrogen) atoms. The number of sulfonamides is 1. The van der Waals surface area contributed by atoms with Gasteiger partial charge in [-0.2, -0.15) is 4.31 Å². The minimum Gasteiger partial charge on any atom is -0.462 e. The summed E-state index contributed by atoms with van der Waals surface area (Å²) in [5.41, 5.74) is 2.87. The molecule has 1 N–H and O–H groups in total. The van der Waals surface area contributed by atoms with Gasteiger partial charge in [0.15, 0.2) is 0 Å². The first kappa shape index (κ1) is 20.3. The van der Waals surface area contributed by atoms with E-state index in [4.69, 9.17) is 4.74 Å². The molecule has 1 aliphatic heterocycles. The molecule has 0 saturated carbocycles. The van der Waals surface area contributed by atoms with Gasteiger partial charge in [-0.25, -0.2) is 17.6 Å². The number of aromatic nitrogens is 1. The second-order valence-corrected chi connectivity index (χ2v) is 8.92. The van der Waals surface area contributed by atoms with Crippen LogP contribution in [0.3, 0.4) is 0 Å². The second kappa shape index (κ2) is 8.04. The predicted octanol–water partition coefficient (Wildman–Crippen LogP) is 3.96. The third kappa shape index (κ3) is 3.76. The van der Waals surface area contributed by atoms with Gasteiger partial charge in [-0.3, -0.25) is 0 Å². The molecule has 0 saturated heterocycles. The third-order valence-corrected chi connectivity index (χ3v) is 7.01. The number of aromatic amines is 1. The number of hydrogen-bond acceptors (Lipinski definition) is 4. The molecule has 0 spiro atoms. The normalized spacial score (nSPS) is 15.2. The van der Waals surface area contributed by atoms with E-state index in [2.05, 4.69) is 4.98 Å². The predicted molar refractivity (Wildman–Crippen MR) is 112 cm³/mol. The van der Waals surface area contributed by atoms with Gasteiger partial charge in [-0.1, -0.05) is 12.1 Å². The van der Waals surface area contributed by atoms with Gasteiger partial charge in [-0.05, 0) is 55.3 Å². The highest BCUT2D eigenvalue weighted by atomic mass is 32.2. The number of nitrogens with one attached hydrogen (secondary N) is 1. The van der Waals surface area contributed by atoms with Gasteiger partial charge in [0.25, 0.3) is 0 Å². The zero-order chi connectivity index (χ0) is 21.3. The van der Waals surface area contributed by atoms with Crippen LogP contribution in [-0.2, 0) is 14.8 Å². The number of hydrogen-bond donors (Lipinski definition) is 1. The molecule has 6 nitrogen and oxygen atoms in total. The lowest BCUT2D eigenvalue weighted by Crippen LogP contribution is -2.34. The molecule has 2 heterocycles. The van der Waals surface area contributed by atoms with Crippen LogP contribution in [-0.4, -0.2) is 43.4 Å². The van der Waals surface area contributed by atoms with Crippen molar-refractivity contribution in [2.24, 2.45) is 0 Å². The fraction of sp³-hybridized carbons (Fsp3) is 0.227. The number of halogens is 1. The molecule has 0 atom stereocenters. The smallest absolute Gasteiger partial charge is 0.338 e. The zero-order valence-electron chi connectivity index (χ0n) is 16.4. The van der Waals surface area contributed by atoms with Crippen LogP contribution in [0, 0.1) is 5.82 Å². The largest absolute Gasteiger partial charge is 0.462 e. The lowest BCUT2D eigenvalue weighted by atomic mass is 10.00. The van der Waals surface area contributed by atoms with Crippen molar-refractivity contribution in [2.45, 2.75) is 18.2 Å². The Balaban J connectivity index is 1.57. The number of nitrogens with zero attached hydrogens (tertiary/aromatic N) is 1. The molecule has 0 amide bonds. The van der Waals surface area contributed by atoms with Gasteiger partial charge < -0.3 is 9.72 Å². The molecule has 4 rings (SSSR count). The lowest BCUT2D eigenvalue weighted by molar-refractivity contribution is 0.0526. The Morgan fingerprint density at radius 1 is 1.23 bits per heavy atom. The van der Waals surface area contributed by atoms with Crippen LogP contribution in [0.25, 0.3) is 16.5 Å². The van der Waals surface area contributed by atoms with E-state index in [1.54, 1.807) is 13.0 Å². The van der Waals surface area contributed by atoms with Crippen LogP contribution >= 0.6 is 0 Å². The second-order valence-electron chi connectivity index (χ2n) is 6.98. The van der Waals surface area contributed by atoms with Gasteiger partial charge in [0.1, 0.15) is 5.82 Å². The first-order valence-electron chi connectivity index (χ1n) is 9.63. The van der Waals surface area contributed by atoms with Gasteiger partial charge >= 0.3 is 5.97 Å². The highest BCUT2D eigenvalue weighted by Crippen LogP contribution is 2.31. The lowest BCUT2D eigenvalue weighted by Gasteiger charge is -2.26. The molecule has 2 aromatic carbocycles. The van der Waals surface area contributed by atoms with Crippen molar-refractivity contribution < 1.29 is 22.3 Å². The van der Waals surface area contributed by atoms with Crippen molar-refractivity contribution in [3.8, 4) is 0 Å². The van der Waals surface area contributed by atoms with Crippen LogP contribution in [0.4, 0.5) is 4.39 Å². The number of carbonyl (C=O) groups excluding carboxylic acids is 1. The van der Waals surface area contributed by atoms with Crippen molar-refractivity contribution in [3.05, 3.63) is 71.7 Å². The number of fused-ring (bicyclic) bond motifs is 1. The van der Waals surface area contributed by atoms with Gasteiger partial charge in [-0.15, -0.1) is 0 Å². The minimum absolute atomic E-state index is 0.0625. The molecule has 0 radical (unpaired) electrons. The molecule has 8 heteroatoms. The van der Waals surface area contributed by atoms with Crippen LogP contribution in [0.2, 0.25) is 0 Å². The summed E-state index contributed by atoms with van der Waals surface area (Å²) < 4.78 is 45.9. The van der Waals surface area contributed by atoms with Crippen LogP contribution in [0.15, 0.2) is 59.6 Å². The average Bonchev–Trinajstić information content (AvgIpc) is 3.17. The van der Waals surface area contributed by atoms with E-state index < -0.39 is 16.0 Å². The highest BCUT2D eigenvalue weighted by Gasteiger charge is 2.27. The van der Waals surface area contributed by atoms with E-state index in [1.807, 2.05) is 12.3 Å². The number of ether oxygens (including phenoxy) is 1. The number of esters is 1. The summed E-state index contributed by atoms with van der Waals surface area (Å²) in [6.45, 7) is 2.44. The summed E-state index contributed by atoms with van der Waals surface area (Å²) in [6, 6.07) is 10.5. The minimum atomic E-state index is -3.75. The zero-order valence-corrected chi connectivity index (χ0v) is 17.2. The van der Waals surface area contributed by atoms with Crippen molar-refractivity contribution in [1.82, 2.24) is 9.29 Å². The van der Waals surface area contributed by atoms with Gasteiger partial charge in [0.2, 0.25) is 10.0 Å². The Kier molecular flexibility index (Phi) is 5.44. The van der Waals surface area contributed by atoms with Crippen LogP contribution in [0.5, 0.6) is 0 Å². The van der Waals surface area contributed by atoms with Gasteiger partial charge in [0.05, 0.1) is 17.1 Å². The Hall–Kier alpha value is -2.97. The molecule has 156 valence electrons. The molecule has 1 aliphatic rings. The molecule has 0 fully saturated rings. The molecular formula is C22H21FN2O4S. The average molecular weight is 428 g/mol. The van der Waals surface area contributed by atoms with Crippen molar-refractivity contribution in [2.75, 3.05) is 19.7 Å². The van der Waals surface area contributed by atoms with Gasteiger partial charge in [0, 0.05) is 35.8 Å². The first-order chi connectivity index (χ1) is 14.4. The Bertz CT molecular complexity index is 1250. The summed E-state index contributed by atoms with van der Waals surface area (Å²) in [7, 11) is -3.75. The quantitative estimate of drug-likeness (QED) is 0.624. The van der Waals surface area contributed by atoms with Crippen molar-refractivity contribution in [3.63, 3.8) is 0 Å². The van der Waals surface area contributed by atoms with E-state index in [9.17, 15) is 17.6 Å². The van der Waals surface area contributed by atoms with E-state index >= 15 is 0 Å². The summed E-state index contributed by atoms with van der Waals surface area (Å²) in [5.74, 6) is -0.859. The molecule has 0 unspecified atom stereocenters. The summed E-state index contributed by atoms with van der Waals surface area (Å²) in [5, 5.41) is 0.904. The van der Waals surface area contributed by atoms with E-state index in [-0.39, 0.29) is 29.4 Å². The standard InChI is InChI=1S/C22H21FN2O4S/c1-2-29-22(26)16-4-3-5-18(12-16)30(27,28)25-10-8-15(9-11-25)20-14-24-21-13-17(23)6-7-19(20)21/h3-8,12-14,24H,2,9-11H2,1H3. The fourth-order valence-electron chi connectivity index (χ4n) is 3.62. The molecule has 0 bridgehead atoms. The maximum absolute atomic E-state index is 13.4. The van der Waals surface area contributed by atoms with Crippen molar-refractivity contribution in [1.29, 1.82) is 0 Å². The number of carbonyl (C=O) groups is 1. The maximum atomic E-state index is 13.4. The molecular weight excluding hydrogens is 407 g/mol. The third-order valence-electron chi connectivity index (χ3n) is 5.14. The van der Waals surface area contributed by atoms with E-state index in [0.29, 0.717) is 18.5 Å². The molecule has 1 aromatic heterocycles. The Morgan fingerprint density at radius 2 is 2.07 bits per heavy atom. The number of benzene rings is 2. The monoisotopic (exact) mass is 428 g/mol. The maximum Gasteiger partial charge on any atom is 0.338 e. The van der Waals surface area contributed by atoms with E-state index in [1.165, 1.54) is 40.7 Å². The SMILES string of the molecule is CCOC(=O)c1cccc(S(=O)(=O)N2CC=C(c3c[nH]c4cc(F)ccc34)CC2)c1. The Morgan fingerprint density at radius 3 is 2.80 bits per heavy atom. The number of rotatable bonds is 5. The summed E-state index contributed by atoms with van der Waals surface area (Å²) in [6.07, 6.45) is 4.23. The van der Waals surface area contributed by atoms with E-state index in [0.717, 1.165) is 16.5 Å². The fourth-order valence-corrected chi connectivity index (χ4v) is 5.05. The topological polar surface area (TPSA) is 79.5 Å². The Labute approximate surface area is 174 Å². The van der Waals surface area contributed by atoms with Crippen molar-refractivity contribution >= 4 is 32.5 Å². The molecule has 0 aliphatic carbocycles. The first-order valence-corrected chi connectivity index (χ1v) is 11.1. The van der Waals surface area contributed by atoms with Crippen LogP contribution in [0.1, 0.15) is 29.3 Å². The summed E-state index contributed by atoms with van der Waals surface area (Å²) >= 11 is 0. The van der Waals surface area contributed by atoms with Crippen LogP contribution < -0.4 is 0 Å². The molecule has 3 aromatic rings. The highest BCUT2D eigenvalue weighted by molar-refractivity contribution is 7.89.